The molecule has 1 aliphatic rings. The average molecular weight is 339 g/mol. The number of hydrogen-bond acceptors (Lipinski definition) is 4. The van der Waals surface area contributed by atoms with Crippen LogP contribution in [0.15, 0.2) is 23.8 Å². The van der Waals surface area contributed by atoms with Gasteiger partial charge >= 0.3 is 6.09 Å². The maximum absolute atomic E-state index is 12.1. The molecular formula is C19H33NO4. The van der Waals surface area contributed by atoms with Crippen LogP contribution in [0, 0.1) is 5.92 Å². The Morgan fingerprint density at radius 1 is 1.29 bits per heavy atom. The fourth-order valence-corrected chi connectivity index (χ4v) is 2.70. The molecule has 0 bridgehead atoms. The summed E-state index contributed by atoms with van der Waals surface area (Å²) in [4.78, 5) is 12.1. The highest BCUT2D eigenvalue weighted by Crippen LogP contribution is 2.21. The first kappa shape index (κ1) is 20.7. The molecule has 1 rings (SSSR count). The Hall–Kier alpha value is -1.33. The summed E-state index contributed by atoms with van der Waals surface area (Å²) in [5.74, 6) is 0.258. The molecule has 0 spiro atoms. The minimum atomic E-state index is -1.04. The van der Waals surface area contributed by atoms with Crippen molar-refractivity contribution in [3.8, 4) is 0 Å². The fraction of sp³-hybridized carbons (Fsp3) is 0.737. The van der Waals surface area contributed by atoms with Gasteiger partial charge in [0.25, 0.3) is 0 Å². The van der Waals surface area contributed by atoms with Crippen LogP contribution in [0.3, 0.4) is 0 Å². The van der Waals surface area contributed by atoms with Crippen molar-refractivity contribution in [2.45, 2.75) is 84.2 Å². The quantitative estimate of drug-likeness (QED) is 0.622. The van der Waals surface area contributed by atoms with Crippen LogP contribution in [-0.2, 0) is 4.74 Å². The third kappa shape index (κ3) is 7.97. The van der Waals surface area contributed by atoms with Gasteiger partial charge in [0.1, 0.15) is 11.7 Å². The van der Waals surface area contributed by atoms with Crippen LogP contribution < -0.4 is 5.32 Å². The van der Waals surface area contributed by atoms with E-state index in [2.05, 4.69) is 23.5 Å². The Labute approximate surface area is 145 Å². The predicted octanol–water partition coefficient (Wildman–Crippen LogP) is 3.31. The van der Waals surface area contributed by atoms with Gasteiger partial charge in [0, 0.05) is 0 Å². The van der Waals surface area contributed by atoms with E-state index in [1.807, 2.05) is 13.8 Å². The van der Waals surface area contributed by atoms with E-state index in [-0.39, 0.29) is 5.92 Å². The lowest BCUT2D eigenvalue weighted by Gasteiger charge is -2.30. The van der Waals surface area contributed by atoms with E-state index in [0.29, 0.717) is 12.8 Å². The van der Waals surface area contributed by atoms with E-state index in [4.69, 9.17) is 4.74 Å². The second-order valence-corrected chi connectivity index (χ2v) is 7.92. The molecule has 5 nitrogen and oxygen atoms in total. The van der Waals surface area contributed by atoms with Gasteiger partial charge in [-0.25, -0.2) is 4.79 Å². The van der Waals surface area contributed by atoms with Crippen LogP contribution in [-0.4, -0.2) is 40.2 Å². The van der Waals surface area contributed by atoms with E-state index in [9.17, 15) is 15.0 Å². The zero-order valence-electron chi connectivity index (χ0n) is 15.6. The molecule has 24 heavy (non-hydrogen) atoms. The SMILES string of the molecule is CC(C)C[C@H](O)[C@H](O)[C@H](CC1=CCC=CC1)NC(=O)OC(C)(C)C. The van der Waals surface area contributed by atoms with E-state index < -0.39 is 29.9 Å². The number of allylic oxidation sites excluding steroid dienone is 3. The minimum absolute atomic E-state index is 0.258. The first-order chi connectivity index (χ1) is 11.1. The molecule has 0 aromatic rings. The smallest absolute Gasteiger partial charge is 0.407 e. The van der Waals surface area contributed by atoms with Crippen molar-refractivity contribution in [1.29, 1.82) is 0 Å². The average Bonchev–Trinajstić information content (AvgIpc) is 2.44. The largest absolute Gasteiger partial charge is 0.444 e. The normalized spacial score (nSPS) is 18.8. The number of alkyl carbamates (subject to hydrolysis) is 1. The molecule has 0 aromatic carbocycles. The molecule has 3 atom stereocenters. The molecule has 0 fully saturated rings. The molecular weight excluding hydrogens is 306 g/mol. The van der Waals surface area contributed by atoms with E-state index in [1.54, 1.807) is 20.8 Å². The number of amides is 1. The van der Waals surface area contributed by atoms with Crippen molar-refractivity contribution >= 4 is 6.09 Å². The number of nitrogens with one attached hydrogen (secondary N) is 1. The zero-order valence-corrected chi connectivity index (χ0v) is 15.6. The van der Waals surface area contributed by atoms with Gasteiger partial charge in [-0.05, 0) is 52.4 Å². The van der Waals surface area contributed by atoms with Crippen molar-refractivity contribution in [2.24, 2.45) is 5.92 Å². The molecule has 5 heteroatoms. The molecule has 0 unspecified atom stereocenters. The van der Waals surface area contributed by atoms with Crippen LogP contribution in [0.1, 0.15) is 60.3 Å². The van der Waals surface area contributed by atoms with Crippen molar-refractivity contribution in [1.82, 2.24) is 5.32 Å². The number of aliphatic hydroxyl groups excluding tert-OH is 2. The second kappa shape index (κ2) is 9.23. The van der Waals surface area contributed by atoms with Crippen molar-refractivity contribution in [3.63, 3.8) is 0 Å². The number of aliphatic hydroxyl groups is 2. The summed E-state index contributed by atoms with van der Waals surface area (Å²) in [6, 6.07) is -0.577. The predicted molar refractivity (Wildman–Crippen MR) is 95.7 cm³/mol. The Bertz CT molecular complexity index is 462. The lowest BCUT2D eigenvalue weighted by molar-refractivity contribution is -0.0178. The van der Waals surface area contributed by atoms with Crippen molar-refractivity contribution in [3.05, 3.63) is 23.8 Å². The molecule has 3 N–H and O–H groups in total. The molecule has 0 aromatic heterocycles. The number of rotatable bonds is 7. The highest BCUT2D eigenvalue weighted by atomic mass is 16.6. The molecule has 1 aliphatic carbocycles. The number of carbonyl (C=O) groups is 1. The summed E-state index contributed by atoms with van der Waals surface area (Å²) >= 11 is 0. The van der Waals surface area contributed by atoms with Crippen LogP contribution in [0.25, 0.3) is 0 Å². The van der Waals surface area contributed by atoms with Gasteiger partial charge < -0.3 is 20.3 Å². The van der Waals surface area contributed by atoms with Gasteiger partial charge in [0.2, 0.25) is 0 Å². The Morgan fingerprint density at radius 3 is 2.46 bits per heavy atom. The molecule has 1 amide bonds. The standard InChI is InChI=1S/C19H33NO4/c1-13(2)11-16(21)17(22)15(12-14-9-7-6-8-10-14)20-18(23)24-19(3,4)5/h6-7,10,13,15-17,21-22H,8-9,11-12H2,1-5H3,(H,20,23)/t15-,16-,17+/m0/s1. The lowest BCUT2D eigenvalue weighted by atomic mass is 9.91. The number of hydrogen-bond donors (Lipinski definition) is 3. The first-order valence-corrected chi connectivity index (χ1v) is 8.77. The van der Waals surface area contributed by atoms with Crippen LogP contribution in [0.5, 0.6) is 0 Å². The van der Waals surface area contributed by atoms with E-state index in [1.165, 1.54) is 0 Å². The van der Waals surface area contributed by atoms with Gasteiger partial charge in [-0.2, -0.15) is 0 Å². The van der Waals surface area contributed by atoms with Crippen molar-refractivity contribution < 1.29 is 19.7 Å². The first-order valence-electron chi connectivity index (χ1n) is 8.77. The third-order valence-corrected chi connectivity index (χ3v) is 3.79. The van der Waals surface area contributed by atoms with Crippen LogP contribution in [0.2, 0.25) is 0 Å². The zero-order chi connectivity index (χ0) is 18.3. The Morgan fingerprint density at radius 2 is 1.96 bits per heavy atom. The highest BCUT2D eigenvalue weighted by Gasteiger charge is 2.30. The molecule has 138 valence electrons. The molecule has 0 aliphatic heterocycles. The van der Waals surface area contributed by atoms with Crippen molar-refractivity contribution in [2.75, 3.05) is 0 Å². The molecule has 0 heterocycles. The van der Waals surface area contributed by atoms with Gasteiger partial charge in [0.15, 0.2) is 0 Å². The summed E-state index contributed by atoms with van der Waals surface area (Å²) in [5, 5.41) is 23.5. The highest BCUT2D eigenvalue weighted by molar-refractivity contribution is 5.68. The molecule has 0 saturated carbocycles. The minimum Gasteiger partial charge on any atom is -0.444 e. The van der Waals surface area contributed by atoms with Gasteiger partial charge in [0.05, 0.1) is 12.1 Å². The van der Waals surface area contributed by atoms with Gasteiger partial charge in [-0.1, -0.05) is 37.6 Å². The molecule has 0 radical (unpaired) electrons. The van der Waals surface area contributed by atoms with Gasteiger partial charge in [-0.15, -0.1) is 0 Å². The third-order valence-electron chi connectivity index (χ3n) is 3.79. The fourth-order valence-electron chi connectivity index (χ4n) is 2.70. The Balaban J connectivity index is 2.77. The maximum atomic E-state index is 12.1. The van der Waals surface area contributed by atoms with E-state index >= 15 is 0 Å². The summed E-state index contributed by atoms with van der Waals surface area (Å²) < 4.78 is 5.29. The van der Waals surface area contributed by atoms with E-state index in [0.717, 1.165) is 18.4 Å². The summed E-state index contributed by atoms with van der Waals surface area (Å²) in [5.41, 5.74) is 0.539. The lowest BCUT2D eigenvalue weighted by Crippen LogP contribution is -2.50. The monoisotopic (exact) mass is 339 g/mol. The Kier molecular flexibility index (Phi) is 7.97. The van der Waals surface area contributed by atoms with Crippen LogP contribution >= 0.6 is 0 Å². The summed E-state index contributed by atoms with van der Waals surface area (Å²) in [6.45, 7) is 9.35. The van der Waals surface area contributed by atoms with Gasteiger partial charge in [-0.3, -0.25) is 0 Å². The number of ether oxygens (including phenoxy) is 1. The topological polar surface area (TPSA) is 78.8 Å². The van der Waals surface area contributed by atoms with Crippen LogP contribution in [0.4, 0.5) is 4.79 Å². The second-order valence-electron chi connectivity index (χ2n) is 7.92. The molecule has 0 saturated heterocycles. The maximum Gasteiger partial charge on any atom is 0.407 e. The summed E-state index contributed by atoms with van der Waals surface area (Å²) in [7, 11) is 0. The summed E-state index contributed by atoms with van der Waals surface area (Å²) in [6.07, 6.45) is 6.42. The number of carbonyl (C=O) groups excluding carboxylic acids is 1.